The number of nitrogens with zero attached hydrogens (tertiary/aromatic N) is 2. The number of thiophene rings is 1. The molecular weight excluding hydrogens is 344 g/mol. The lowest BCUT2D eigenvalue weighted by Crippen LogP contribution is -2.27. The minimum absolute atomic E-state index is 0.0643. The summed E-state index contributed by atoms with van der Waals surface area (Å²) in [5.41, 5.74) is 1.13. The van der Waals surface area contributed by atoms with E-state index in [1.165, 1.54) is 16.9 Å². The molecule has 126 valence electrons. The Bertz CT molecular complexity index is 884. The number of rotatable bonds is 3. The molecule has 0 saturated heterocycles. The summed E-state index contributed by atoms with van der Waals surface area (Å²) in [7, 11) is 0. The Labute approximate surface area is 147 Å². The van der Waals surface area contributed by atoms with Crippen LogP contribution in [0.15, 0.2) is 9.79 Å². The van der Waals surface area contributed by atoms with Gasteiger partial charge >= 0.3 is 0 Å². The first kappa shape index (κ1) is 15.8. The molecule has 2 N–H and O–H groups in total. The SMILES string of the molecule is O=C(CCc1nc2sc3c(c2c(=O)[nH]1)CCCC3)NC1=NCCS1. The van der Waals surface area contributed by atoms with Crippen molar-refractivity contribution >= 4 is 44.4 Å². The van der Waals surface area contributed by atoms with Gasteiger partial charge in [0, 0.05) is 23.5 Å². The number of amides is 1. The van der Waals surface area contributed by atoms with Crippen LogP contribution >= 0.6 is 23.1 Å². The van der Waals surface area contributed by atoms with Crippen LogP contribution in [0, 0.1) is 0 Å². The number of hydrogen-bond acceptors (Lipinski definition) is 6. The highest BCUT2D eigenvalue weighted by molar-refractivity contribution is 8.14. The Morgan fingerprint density at radius 2 is 2.17 bits per heavy atom. The molecule has 3 heterocycles. The first-order chi connectivity index (χ1) is 11.7. The van der Waals surface area contributed by atoms with Crippen LogP contribution in [-0.4, -0.2) is 33.3 Å². The van der Waals surface area contributed by atoms with Gasteiger partial charge in [-0.05, 0) is 31.2 Å². The highest BCUT2D eigenvalue weighted by Crippen LogP contribution is 2.33. The van der Waals surface area contributed by atoms with Gasteiger partial charge in [-0.1, -0.05) is 11.8 Å². The summed E-state index contributed by atoms with van der Waals surface area (Å²) in [4.78, 5) is 38.2. The van der Waals surface area contributed by atoms with E-state index in [9.17, 15) is 9.59 Å². The van der Waals surface area contributed by atoms with Crippen molar-refractivity contribution in [3.05, 3.63) is 26.6 Å². The molecule has 0 unspecified atom stereocenters. The molecule has 2 aliphatic rings. The fraction of sp³-hybridized carbons (Fsp3) is 0.500. The van der Waals surface area contributed by atoms with Gasteiger partial charge in [0.1, 0.15) is 10.7 Å². The molecule has 24 heavy (non-hydrogen) atoms. The Morgan fingerprint density at radius 1 is 1.29 bits per heavy atom. The van der Waals surface area contributed by atoms with Crippen molar-refractivity contribution in [1.82, 2.24) is 15.3 Å². The molecule has 4 rings (SSSR count). The quantitative estimate of drug-likeness (QED) is 0.874. The van der Waals surface area contributed by atoms with Gasteiger partial charge in [0.15, 0.2) is 5.17 Å². The molecule has 0 radical (unpaired) electrons. The molecule has 0 bridgehead atoms. The van der Waals surface area contributed by atoms with E-state index in [-0.39, 0.29) is 11.5 Å². The molecule has 2 aromatic rings. The van der Waals surface area contributed by atoms with E-state index in [2.05, 4.69) is 20.3 Å². The standard InChI is InChI=1S/C16H18N4O2S2/c21-12(20-16-17-7-8-23-16)6-5-11-18-14(22)13-9-3-1-2-4-10(9)24-15(13)19-11/h1-8H2,(H,17,20,21)(H,18,19,22). The minimum atomic E-state index is -0.0867. The number of aromatic amines is 1. The average molecular weight is 362 g/mol. The Balaban J connectivity index is 1.50. The van der Waals surface area contributed by atoms with Crippen molar-refractivity contribution in [3.63, 3.8) is 0 Å². The second kappa shape index (κ2) is 6.68. The molecule has 0 aromatic carbocycles. The van der Waals surface area contributed by atoms with E-state index in [1.54, 1.807) is 23.1 Å². The van der Waals surface area contributed by atoms with E-state index >= 15 is 0 Å². The predicted molar refractivity (Wildman–Crippen MR) is 98.1 cm³/mol. The van der Waals surface area contributed by atoms with E-state index < -0.39 is 0 Å². The van der Waals surface area contributed by atoms with Gasteiger partial charge in [0.05, 0.1) is 11.9 Å². The van der Waals surface area contributed by atoms with Crippen LogP contribution in [0.5, 0.6) is 0 Å². The second-order valence-corrected chi connectivity index (χ2v) is 8.15. The number of fused-ring (bicyclic) bond motifs is 3. The highest BCUT2D eigenvalue weighted by Gasteiger charge is 2.20. The zero-order chi connectivity index (χ0) is 16.5. The third-order valence-electron chi connectivity index (χ3n) is 4.29. The molecule has 0 atom stereocenters. The lowest BCUT2D eigenvalue weighted by molar-refractivity contribution is -0.119. The molecular formula is C16H18N4O2S2. The zero-order valence-electron chi connectivity index (χ0n) is 13.2. The molecule has 0 spiro atoms. The molecule has 2 aromatic heterocycles. The van der Waals surface area contributed by atoms with Crippen molar-refractivity contribution in [2.45, 2.75) is 38.5 Å². The number of aryl methyl sites for hydroxylation is 3. The van der Waals surface area contributed by atoms with Gasteiger partial charge in [-0.25, -0.2) is 4.98 Å². The maximum absolute atomic E-state index is 12.4. The van der Waals surface area contributed by atoms with Crippen LogP contribution in [0.4, 0.5) is 0 Å². The molecule has 0 saturated carbocycles. The molecule has 1 aliphatic heterocycles. The number of hydrogen-bond donors (Lipinski definition) is 2. The molecule has 6 nitrogen and oxygen atoms in total. The van der Waals surface area contributed by atoms with Crippen LogP contribution in [-0.2, 0) is 24.1 Å². The van der Waals surface area contributed by atoms with E-state index in [4.69, 9.17) is 0 Å². The number of thioether (sulfide) groups is 1. The van der Waals surface area contributed by atoms with E-state index in [1.807, 2.05) is 0 Å². The third-order valence-corrected chi connectivity index (χ3v) is 6.37. The van der Waals surface area contributed by atoms with Gasteiger partial charge in [0.25, 0.3) is 5.56 Å². The monoisotopic (exact) mass is 362 g/mol. The van der Waals surface area contributed by atoms with Crippen molar-refractivity contribution in [1.29, 1.82) is 0 Å². The van der Waals surface area contributed by atoms with E-state index in [0.29, 0.717) is 23.8 Å². The lowest BCUT2D eigenvalue weighted by Gasteiger charge is -2.09. The number of aromatic nitrogens is 2. The first-order valence-corrected chi connectivity index (χ1v) is 10.0. The number of amidine groups is 1. The van der Waals surface area contributed by atoms with Gasteiger partial charge in [-0.2, -0.15) is 0 Å². The third kappa shape index (κ3) is 3.12. The Kier molecular flexibility index (Phi) is 4.41. The summed E-state index contributed by atoms with van der Waals surface area (Å²) >= 11 is 3.19. The summed E-state index contributed by atoms with van der Waals surface area (Å²) < 4.78 is 0. The van der Waals surface area contributed by atoms with Crippen molar-refractivity contribution in [3.8, 4) is 0 Å². The summed E-state index contributed by atoms with van der Waals surface area (Å²) in [6, 6.07) is 0. The number of carbonyl (C=O) groups is 1. The van der Waals surface area contributed by atoms with Crippen LogP contribution in [0.3, 0.4) is 0 Å². The molecule has 0 fully saturated rings. The number of aliphatic imine (C=N–C) groups is 1. The first-order valence-electron chi connectivity index (χ1n) is 8.21. The van der Waals surface area contributed by atoms with Gasteiger partial charge in [0.2, 0.25) is 5.91 Å². The maximum Gasteiger partial charge on any atom is 0.259 e. The van der Waals surface area contributed by atoms with Gasteiger partial charge < -0.3 is 10.3 Å². The van der Waals surface area contributed by atoms with Crippen molar-refractivity contribution < 1.29 is 4.79 Å². The fourth-order valence-electron chi connectivity index (χ4n) is 3.15. The second-order valence-electron chi connectivity index (χ2n) is 5.99. The summed E-state index contributed by atoms with van der Waals surface area (Å²) in [6.07, 6.45) is 5.07. The molecule has 1 aliphatic carbocycles. The predicted octanol–water partition coefficient (Wildman–Crippen LogP) is 2.01. The van der Waals surface area contributed by atoms with Crippen LogP contribution < -0.4 is 10.9 Å². The van der Waals surface area contributed by atoms with Crippen LogP contribution in [0.1, 0.15) is 35.5 Å². The summed E-state index contributed by atoms with van der Waals surface area (Å²) in [5, 5.41) is 4.26. The Hall–Kier alpha value is -1.67. The normalized spacial score (nSPS) is 16.9. The topological polar surface area (TPSA) is 87.2 Å². The van der Waals surface area contributed by atoms with Gasteiger partial charge in [-0.3, -0.25) is 14.6 Å². The largest absolute Gasteiger partial charge is 0.310 e. The molecule has 1 amide bonds. The Morgan fingerprint density at radius 3 is 3.00 bits per heavy atom. The van der Waals surface area contributed by atoms with Crippen LogP contribution in [0.25, 0.3) is 10.2 Å². The minimum Gasteiger partial charge on any atom is -0.310 e. The molecule has 8 heteroatoms. The number of H-pyrrole nitrogens is 1. The number of carbonyl (C=O) groups excluding carboxylic acids is 1. The fourth-order valence-corrected chi connectivity index (χ4v) is 5.18. The maximum atomic E-state index is 12.4. The van der Waals surface area contributed by atoms with Crippen molar-refractivity contribution in [2.24, 2.45) is 4.99 Å². The van der Waals surface area contributed by atoms with Gasteiger partial charge in [-0.15, -0.1) is 11.3 Å². The average Bonchev–Trinajstić information content (AvgIpc) is 3.19. The van der Waals surface area contributed by atoms with E-state index in [0.717, 1.165) is 41.8 Å². The van der Waals surface area contributed by atoms with Crippen molar-refractivity contribution in [2.75, 3.05) is 12.3 Å². The zero-order valence-corrected chi connectivity index (χ0v) is 14.8. The lowest BCUT2D eigenvalue weighted by atomic mass is 9.97. The summed E-state index contributed by atoms with van der Waals surface area (Å²) in [5.74, 6) is 1.42. The number of nitrogens with one attached hydrogen (secondary N) is 2. The smallest absolute Gasteiger partial charge is 0.259 e. The summed E-state index contributed by atoms with van der Waals surface area (Å²) in [6.45, 7) is 0.759. The highest BCUT2D eigenvalue weighted by atomic mass is 32.2. The van der Waals surface area contributed by atoms with Crippen LogP contribution in [0.2, 0.25) is 0 Å².